The van der Waals surface area contributed by atoms with Gasteiger partial charge in [0, 0.05) is 11.5 Å². The molecule has 2 fully saturated rings. The van der Waals surface area contributed by atoms with Crippen LogP contribution in [0.25, 0.3) is 0 Å². The van der Waals surface area contributed by atoms with Crippen LogP contribution in [0.3, 0.4) is 0 Å². The van der Waals surface area contributed by atoms with Crippen molar-refractivity contribution < 1.29 is 14.3 Å². The number of fused-ring (bicyclic) bond motifs is 1. The van der Waals surface area contributed by atoms with Crippen LogP contribution in [0.4, 0.5) is 0 Å². The highest BCUT2D eigenvalue weighted by Gasteiger charge is 2.51. The second kappa shape index (κ2) is 7.12. The molecule has 0 amide bonds. The first-order valence-electron chi connectivity index (χ1n) is 10.5. The topological polar surface area (TPSA) is 47.6 Å². The predicted molar refractivity (Wildman–Crippen MR) is 106 cm³/mol. The van der Waals surface area contributed by atoms with Crippen LogP contribution in [0.2, 0.25) is 0 Å². The van der Waals surface area contributed by atoms with Gasteiger partial charge in [0.15, 0.2) is 0 Å². The number of esters is 1. The minimum Gasteiger partial charge on any atom is -0.457 e. The lowest BCUT2D eigenvalue weighted by atomic mass is 9.53. The van der Waals surface area contributed by atoms with E-state index in [4.69, 9.17) is 9.47 Å². The van der Waals surface area contributed by atoms with Gasteiger partial charge in [-0.05, 0) is 66.8 Å². The van der Waals surface area contributed by atoms with E-state index in [0.29, 0.717) is 17.9 Å². The Morgan fingerprint density at radius 1 is 1.26 bits per heavy atom. The van der Waals surface area contributed by atoms with Gasteiger partial charge in [0.2, 0.25) is 6.79 Å². The molecule has 4 rings (SSSR count). The van der Waals surface area contributed by atoms with Crippen LogP contribution in [-0.4, -0.2) is 25.3 Å². The Balaban J connectivity index is 1.48. The maximum absolute atomic E-state index is 11.9. The van der Waals surface area contributed by atoms with Crippen molar-refractivity contribution in [3.05, 3.63) is 29.3 Å². The smallest absolute Gasteiger partial charge is 0.309 e. The number of ether oxygens (including phenoxy) is 2. The van der Waals surface area contributed by atoms with Crippen LogP contribution in [0.1, 0.15) is 70.4 Å². The Labute approximate surface area is 163 Å². The van der Waals surface area contributed by atoms with Crippen LogP contribution in [0.5, 0.6) is 5.75 Å². The van der Waals surface area contributed by atoms with Crippen LogP contribution in [-0.2, 0) is 21.4 Å². The molecule has 1 saturated carbocycles. The third-order valence-corrected chi connectivity index (χ3v) is 6.74. The van der Waals surface area contributed by atoms with Crippen LogP contribution in [0.15, 0.2) is 18.2 Å². The van der Waals surface area contributed by atoms with Crippen molar-refractivity contribution in [3.8, 4) is 5.75 Å². The molecule has 0 radical (unpaired) electrons. The van der Waals surface area contributed by atoms with Crippen molar-refractivity contribution in [2.45, 2.75) is 77.2 Å². The number of hydrogen-bond acceptors (Lipinski definition) is 4. The van der Waals surface area contributed by atoms with Gasteiger partial charge in [-0.2, -0.15) is 0 Å². The summed E-state index contributed by atoms with van der Waals surface area (Å²) in [7, 11) is 0. The Morgan fingerprint density at radius 2 is 2.11 bits per heavy atom. The van der Waals surface area contributed by atoms with Crippen LogP contribution in [0, 0.1) is 11.3 Å². The Morgan fingerprint density at radius 3 is 2.93 bits per heavy atom. The molecule has 2 bridgehead atoms. The van der Waals surface area contributed by atoms with Crippen molar-refractivity contribution in [3.63, 3.8) is 0 Å². The summed E-state index contributed by atoms with van der Waals surface area (Å²) < 4.78 is 11.1. The minimum absolute atomic E-state index is 0.00565. The fraction of sp³-hybridized carbons (Fsp3) is 0.696. The van der Waals surface area contributed by atoms with E-state index in [1.165, 1.54) is 43.2 Å². The summed E-state index contributed by atoms with van der Waals surface area (Å²) in [6, 6.07) is 7.14. The van der Waals surface area contributed by atoms with E-state index in [-0.39, 0.29) is 18.2 Å². The van der Waals surface area contributed by atoms with E-state index in [1.54, 1.807) is 0 Å². The largest absolute Gasteiger partial charge is 0.457 e. The van der Waals surface area contributed by atoms with Gasteiger partial charge in [0.25, 0.3) is 0 Å². The van der Waals surface area contributed by atoms with Crippen molar-refractivity contribution in [1.29, 1.82) is 0 Å². The molecule has 2 aliphatic carbocycles. The maximum atomic E-state index is 11.9. The monoisotopic (exact) mass is 371 g/mol. The summed E-state index contributed by atoms with van der Waals surface area (Å²) in [4.78, 5) is 11.9. The van der Waals surface area contributed by atoms with E-state index >= 15 is 0 Å². The molecule has 0 unspecified atom stereocenters. The molecule has 27 heavy (non-hydrogen) atoms. The standard InChI is InChI=1S/C23H33NO3/c1-22(2,3)14-21(25)27-15-26-17-8-7-16-12-20-18-6-4-5-9-23(18,10-11-24-20)19(16)13-17/h7-8,13,18,20,24H,4-6,9-12,14-15H2,1-3H3/t18-,20+,23+/m0/s1. The van der Waals surface area contributed by atoms with Crippen LogP contribution < -0.4 is 10.1 Å². The Kier molecular flexibility index (Phi) is 4.96. The zero-order valence-corrected chi connectivity index (χ0v) is 17.0. The molecule has 148 valence electrons. The van der Waals surface area contributed by atoms with Gasteiger partial charge >= 0.3 is 5.97 Å². The number of nitrogens with one attached hydrogen (secondary N) is 1. The highest BCUT2D eigenvalue weighted by molar-refractivity contribution is 5.70. The number of benzene rings is 1. The van der Waals surface area contributed by atoms with Gasteiger partial charge in [-0.1, -0.05) is 39.7 Å². The molecule has 3 aliphatic rings. The summed E-state index contributed by atoms with van der Waals surface area (Å²) in [6.07, 6.45) is 8.09. The SMILES string of the molecule is CC(C)(C)CC(=O)OCOc1ccc2c(c1)[C@@]13CCCC[C@H]1[C@@H](C2)NCC3. The van der Waals surface area contributed by atoms with Crippen molar-refractivity contribution >= 4 is 5.97 Å². The van der Waals surface area contributed by atoms with Gasteiger partial charge in [0.05, 0.1) is 6.42 Å². The zero-order chi connectivity index (χ0) is 19.1. The highest BCUT2D eigenvalue weighted by atomic mass is 16.7. The lowest BCUT2D eigenvalue weighted by molar-refractivity contribution is -0.152. The molecule has 1 N–H and O–H groups in total. The second-order valence-corrected chi connectivity index (χ2v) is 9.86. The molecule has 1 saturated heterocycles. The lowest BCUT2D eigenvalue weighted by Crippen LogP contribution is -2.59. The molecule has 3 atom stereocenters. The number of rotatable bonds is 4. The summed E-state index contributed by atoms with van der Waals surface area (Å²) in [5, 5.41) is 3.78. The quantitative estimate of drug-likeness (QED) is 0.631. The molecule has 0 aromatic heterocycles. The lowest BCUT2D eigenvalue weighted by Gasteiger charge is -2.56. The maximum Gasteiger partial charge on any atom is 0.309 e. The average molecular weight is 372 g/mol. The van der Waals surface area contributed by atoms with Crippen molar-refractivity contribution in [2.75, 3.05) is 13.3 Å². The predicted octanol–water partition coefficient (Wildman–Crippen LogP) is 4.35. The number of piperidine rings is 1. The van der Waals surface area contributed by atoms with Gasteiger partial charge in [-0.25, -0.2) is 0 Å². The second-order valence-electron chi connectivity index (χ2n) is 9.86. The molecule has 1 aromatic carbocycles. The number of hydrogen-bond donors (Lipinski definition) is 1. The first kappa shape index (κ1) is 18.8. The molecular weight excluding hydrogens is 338 g/mol. The molecule has 4 heteroatoms. The summed E-state index contributed by atoms with van der Waals surface area (Å²) in [5.74, 6) is 1.38. The summed E-state index contributed by atoms with van der Waals surface area (Å²) >= 11 is 0. The van der Waals surface area contributed by atoms with E-state index in [9.17, 15) is 4.79 Å². The molecule has 1 aliphatic heterocycles. The zero-order valence-electron chi connectivity index (χ0n) is 17.0. The minimum atomic E-state index is -0.201. The number of carbonyl (C=O) groups excluding carboxylic acids is 1. The van der Waals surface area contributed by atoms with Crippen molar-refractivity contribution in [1.82, 2.24) is 5.32 Å². The molecule has 1 heterocycles. The van der Waals surface area contributed by atoms with Crippen LogP contribution >= 0.6 is 0 Å². The first-order valence-corrected chi connectivity index (χ1v) is 10.5. The van der Waals surface area contributed by atoms with E-state index in [2.05, 4.69) is 17.4 Å². The highest BCUT2D eigenvalue weighted by Crippen LogP contribution is 2.54. The van der Waals surface area contributed by atoms with Gasteiger partial charge in [-0.3, -0.25) is 4.79 Å². The molecule has 4 nitrogen and oxygen atoms in total. The van der Waals surface area contributed by atoms with E-state index in [0.717, 1.165) is 24.6 Å². The van der Waals surface area contributed by atoms with Gasteiger partial charge < -0.3 is 14.8 Å². The Bertz CT molecular complexity index is 704. The third-order valence-electron chi connectivity index (χ3n) is 6.74. The molecule has 1 aromatic rings. The molecular formula is C23H33NO3. The first-order chi connectivity index (χ1) is 12.9. The third kappa shape index (κ3) is 3.73. The van der Waals surface area contributed by atoms with Gasteiger partial charge in [-0.15, -0.1) is 0 Å². The molecule has 0 spiro atoms. The summed E-state index contributed by atoms with van der Waals surface area (Å²) in [5.41, 5.74) is 3.24. The fourth-order valence-corrected chi connectivity index (χ4v) is 5.64. The Hall–Kier alpha value is -1.55. The normalized spacial score (nSPS) is 29.4. The van der Waals surface area contributed by atoms with E-state index < -0.39 is 0 Å². The summed E-state index contributed by atoms with van der Waals surface area (Å²) in [6.45, 7) is 7.21. The van der Waals surface area contributed by atoms with Gasteiger partial charge in [0.1, 0.15) is 5.75 Å². The average Bonchev–Trinajstić information content (AvgIpc) is 2.60. The van der Waals surface area contributed by atoms with Crippen molar-refractivity contribution in [2.24, 2.45) is 11.3 Å². The fourth-order valence-electron chi connectivity index (χ4n) is 5.64. The number of carbonyl (C=O) groups is 1. The van der Waals surface area contributed by atoms with E-state index in [1.807, 2.05) is 26.8 Å².